The Labute approximate surface area is 380 Å². The number of benzene rings is 5. The summed E-state index contributed by atoms with van der Waals surface area (Å²) in [5.74, 6) is 2.58. The van der Waals surface area contributed by atoms with Gasteiger partial charge in [-0.2, -0.15) is 0 Å². The van der Waals surface area contributed by atoms with Crippen LogP contribution in [0, 0.1) is 0 Å². The van der Waals surface area contributed by atoms with Gasteiger partial charge in [0.1, 0.15) is 23.0 Å². The van der Waals surface area contributed by atoms with Crippen molar-refractivity contribution in [2.24, 2.45) is 4.99 Å². The minimum Gasteiger partial charge on any atom is -0.485 e. The van der Waals surface area contributed by atoms with Gasteiger partial charge in [-0.1, -0.05) is 85.0 Å². The highest BCUT2D eigenvalue weighted by atomic mass is 32.1. The van der Waals surface area contributed by atoms with Crippen molar-refractivity contribution < 1.29 is 13.9 Å². The molecule has 6 heterocycles. The number of hydrogen-bond donors (Lipinski definition) is 0. The number of fused-ring (bicyclic) bond motifs is 9. The highest BCUT2D eigenvalue weighted by Gasteiger charge is 2.38. The fraction of sp³-hybridized carbons (Fsp3) is 0.125. The summed E-state index contributed by atoms with van der Waals surface area (Å²) in [6.07, 6.45) is 22.0. The van der Waals surface area contributed by atoms with Crippen LogP contribution in [0.5, 0.6) is 17.2 Å². The molecule has 5 aromatic carbocycles. The third-order valence-electron chi connectivity index (χ3n) is 13.1. The normalized spacial score (nSPS) is 19.0. The van der Waals surface area contributed by atoms with Gasteiger partial charge in [0.15, 0.2) is 11.5 Å². The van der Waals surface area contributed by atoms with E-state index in [1.807, 2.05) is 47.0 Å². The van der Waals surface area contributed by atoms with Crippen LogP contribution in [0.3, 0.4) is 0 Å². The second kappa shape index (κ2) is 15.0. The van der Waals surface area contributed by atoms with Crippen LogP contribution in [-0.4, -0.2) is 31.3 Å². The van der Waals surface area contributed by atoms with Crippen LogP contribution in [0.15, 0.2) is 173 Å². The molecule has 0 fully saturated rings. The lowest BCUT2D eigenvalue weighted by molar-refractivity contribution is 0.255. The van der Waals surface area contributed by atoms with Crippen LogP contribution < -0.4 is 14.4 Å². The number of allylic oxidation sites excluding steroid dienone is 8. The van der Waals surface area contributed by atoms with Crippen LogP contribution in [0.4, 0.5) is 17.1 Å². The number of thiophene rings is 2. The smallest absolute Gasteiger partial charge is 0.159 e. The van der Waals surface area contributed by atoms with Gasteiger partial charge >= 0.3 is 0 Å². The predicted molar refractivity (Wildman–Crippen MR) is 269 cm³/mol. The van der Waals surface area contributed by atoms with Crippen LogP contribution in [0.2, 0.25) is 0 Å². The molecule has 4 aliphatic rings. The number of anilines is 3. The molecule has 0 spiro atoms. The Hall–Kier alpha value is -7.13. The van der Waals surface area contributed by atoms with Crippen molar-refractivity contribution in [2.75, 3.05) is 19.0 Å². The summed E-state index contributed by atoms with van der Waals surface area (Å²) >= 11 is 3.72. The highest BCUT2D eigenvalue weighted by Crippen LogP contribution is 2.56. The Morgan fingerprint density at radius 1 is 0.812 bits per heavy atom. The topological polar surface area (TPSA) is 50.4 Å². The highest BCUT2D eigenvalue weighted by molar-refractivity contribution is 7.30. The number of para-hydroxylation sites is 3. The van der Waals surface area contributed by atoms with Gasteiger partial charge in [0, 0.05) is 90.7 Å². The molecular formula is C56H43N3O3S2. The summed E-state index contributed by atoms with van der Waals surface area (Å²) in [5, 5.41) is 2.27. The van der Waals surface area contributed by atoms with Crippen LogP contribution >= 0.6 is 22.7 Å². The van der Waals surface area contributed by atoms with Gasteiger partial charge in [-0.25, -0.2) is 0 Å². The molecule has 12 rings (SSSR count). The molecule has 64 heavy (non-hydrogen) atoms. The van der Waals surface area contributed by atoms with Gasteiger partial charge in [-0.05, 0) is 104 Å². The largest absolute Gasteiger partial charge is 0.485 e. The van der Waals surface area contributed by atoms with E-state index in [-0.39, 0.29) is 6.10 Å². The van der Waals surface area contributed by atoms with Crippen LogP contribution in [0.1, 0.15) is 41.8 Å². The van der Waals surface area contributed by atoms with Gasteiger partial charge in [-0.15, -0.1) is 22.7 Å². The Kier molecular flexibility index (Phi) is 9.04. The van der Waals surface area contributed by atoms with Crippen molar-refractivity contribution in [3.05, 3.63) is 186 Å². The molecule has 2 atom stereocenters. The van der Waals surface area contributed by atoms with E-state index in [1.54, 1.807) is 13.3 Å². The molecule has 0 radical (unpaired) electrons. The van der Waals surface area contributed by atoms with E-state index in [2.05, 4.69) is 175 Å². The molecule has 0 saturated carbocycles. The van der Waals surface area contributed by atoms with Crippen LogP contribution in [0.25, 0.3) is 58.5 Å². The van der Waals surface area contributed by atoms with Crippen LogP contribution in [-0.2, 0) is 5.54 Å². The number of rotatable bonds is 7. The minimum absolute atomic E-state index is 0.0225. The zero-order valence-corrected chi connectivity index (χ0v) is 37.5. The van der Waals surface area contributed by atoms with Crippen molar-refractivity contribution >= 4 is 94.0 Å². The van der Waals surface area contributed by atoms with E-state index in [4.69, 9.17) is 13.9 Å². The van der Waals surface area contributed by atoms with E-state index in [9.17, 15) is 0 Å². The summed E-state index contributed by atoms with van der Waals surface area (Å²) in [5.41, 5.74) is 12.5. The summed E-state index contributed by atoms with van der Waals surface area (Å²) in [4.78, 5) is 11.2. The molecule has 0 amide bonds. The van der Waals surface area contributed by atoms with Gasteiger partial charge in [0.05, 0.1) is 16.9 Å². The molecule has 3 aliphatic heterocycles. The average Bonchev–Trinajstić information content (AvgIpc) is 4.10. The van der Waals surface area contributed by atoms with Crippen molar-refractivity contribution in [2.45, 2.75) is 31.9 Å². The molecule has 0 bridgehead atoms. The predicted octanol–water partition coefficient (Wildman–Crippen LogP) is 15.6. The zero-order valence-electron chi connectivity index (χ0n) is 35.8. The van der Waals surface area contributed by atoms with E-state index in [0.29, 0.717) is 0 Å². The molecule has 6 nitrogen and oxygen atoms in total. The van der Waals surface area contributed by atoms with E-state index in [0.717, 1.165) is 79.4 Å². The number of nitrogens with zero attached hydrogens (tertiary/aromatic N) is 3. The lowest BCUT2D eigenvalue weighted by Gasteiger charge is -2.42. The second-order valence-electron chi connectivity index (χ2n) is 16.9. The first-order valence-electron chi connectivity index (χ1n) is 21.6. The van der Waals surface area contributed by atoms with E-state index >= 15 is 0 Å². The molecule has 312 valence electrons. The molecule has 2 unspecified atom stereocenters. The van der Waals surface area contributed by atoms with Gasteiger partial charge in [-0.3, -0.25) is 4.99 Å². The number of ether oxygens (including phenoxy) is 2. The fourth-order valence-corrected chi connectivity index (χ4v) is 12.0. The first-order valence-corrected chi connectivity index (χ1v) is 23.3. The summed E-state index contributed by atoms with van der Waals surface area (Å²) < 4.78 is 22.4. The number of furan rings is 1. The van der Waals surface area contributed by atoms with Gasteiger partial charge < -0.3 is 23.7 Å². The van der Waals surface area contributed by atoms with E-state index < -0.39 is 5.54 Å². The zero-order chi connectivity index (χ0) is 43.1. The molecular weight excluding hydrogens is 827 g/mol. The SMILES string of the molecule is C/N=C/C=C\C=C(/C)c1cccc2c1Oc1c(cccc1C1(C)C=CC=CN1C)N2c1cccc(-c2cc3sc(C4=CCC5Oc6cc7oc8ccccc8c7cc6C5=C4)cc3s2)c1. The third kappa shape index (κ3) is 6.15. The monoisotopic (exact) mass is 869 g/mol. The first-order chi connectivity index (χ1) is 31.3. The average molecular weight is 870 g/mol. The number of aliphatic imine (C=N–C) groups is 1. The third-order valence-corrected chi connectivity index (χ3v) is 15.5. The standard InChI is InChI=1S/C56H43N3O3S2/c1-34(14-7-9-26-57-3)38-18-12-20-44-54(38)62-55-43(56(2)25-8-10-27-58(56)4)19-13-21-45(55)59(44)37-16-11-15-35(28-37)50-32-52-53(63-50)33-51(64-52)36-23-24-47-40(29-36)42-30-41-39-17-5-6-22-46(39)60-48(41)31-49(42)61-47/h5-23,25-33,47H,24H2,1-4H3/b9-7-,34-14+,57-26+. The van der Waals surface area contributed by atoms with Gasteiger partial charge in [0.2, 0.25) is 0 Å². The second-order valence-corrected chi connectivity index (χ2v) is 19.1. The summed E-state index contributed by atoms with van der Waals surface area (Å²) in [6.45, 7) is 4.38. The van der Waals surface area contributed by atoms with Crippen molar-refractivity contribution in [3.63, 3.8) is 0 Å². The molecule has 0 N–H and O–H groups in total. The van der Waals surface area contributed by atoms with Crippen molar-refractivity contribution in [1.82, 2.24) is 4.90 Å². The maximum Gasteiger partial charge on any atom is 0.159 e. The Morgan fingerprint density at radius 3 is 2.50 bits per heavy atom. The molecule has 8 heteroatoms. The lowest BCUT2D eigenvalue weighted by Crippen LogP contribution is -2.37. The van der Waals surface area contributed by atoms with E-state index in [1.165, 1.54) is 41.4 Å². The number of likely N-dealkylation sites (N-methyl/N-ethyl adjacent to an activating group) is 1. The Balaban J connectivity index is 0.905. The molecule has 1 aliphatic carbocycles. The number of hydrogen-bond acceptors (Lipinski definition) is 8. The minimum atomic E-state index is -0.418. The quantitative estimate of drug-likeness (QED) is 0.118. The fourth-order valence-electron chi connectivity index (χ4n) is 9.60. The molecule has 3 aromatic heterocycles. The maximum absolute atomic E-state index is 7.15. The summed E-state index contributed by atoms with van der Waals surface area (Å²) in [7, 11) is 3.90. The maximum atomic E-state index is 7.15. The summed E-state index contributed by atoms with van der Waals surface area (Å²) in [6, 6.07) is 39.2. The van der Waals surface area contributed by atoms with Crippen molar-refractivity contribution in [1.29, 1.82) is 0 Å². The Morgan fingerprint density at radius 2 is 1.62 bits per heavy atom. The van der Waals surface area contributed by atoms with Gasteiger partial charge in [0.25, 0.3) is 0 Å². The Bertz CT molecular complexity index is 3430. The first kappa shape index (κ1) is 38.5. The van der Waals surface area contributed by atoms with Crippen molar-refractivity contribution in [3.8, 4) is 27.7 Å². The molecule has 0 saturated heterocycles. The molecule has 8 aromatic rings. The lowest BCUT2D eigenvalue weighted by atomic mass is 9.86.